The Morgan fingerprint density at radius 1 is 1.47 bits per heavy atom. The van der Waals surface area contributed by atoms with Crippen LogP contribution in [0.2, 0.25) is 5.02 Å². The van der Waals surface area contributed by atoms with Crippen molar-refractivity contribution in [2.24, 2.45) is 11.8 Å². The molecule has 1 aromatic carbocycles. The molecular formula is C14H17ClFNO2. The van der Waals surface area contributed by atoms with E-state index >= 15 is 0 Å². The van der Waals surface area contributed by atoms with Crippen molar-refractivity contribution in [3.8, 4) is 0 Å². The predicted molar refractivity (Wildman–Crippen MR) is 71.7 cm³/mol. The van der Waals surface area contributed by atoms with Gasteiger partial charge in [0, 0.05) is 19.1 Å². The first kappa shape index (κ1) is 14.3. The van der Waals surface area contributed by atoms with Gasteiger partial charge in [0.25, 0.3) is 0 Å². The van der Waals surface area contributed by atoms with Crippen molar-refractivity contribution in [2.75, 3.05) is 13.1 Å². The van der Waals surface area contributed by atoms with Crippen molar-refractivity contribution >= 4 is 17.6 Å². The summed E-state index contributed by atoms with van der Waals surface area (Å²) in [4.78, 5) is 13.1. The van der Waals surface area contributed by atoms with E-state index in [1.54, 1.807) is 19.1 Å². The number of hydrogen-bond acceptors (Lipinski definition) is 2. The van der Waals surface area contributed by atoms with E-state index in [9.17, 15) is 9.18 Å². The fourth-order valence-electron chi connectivity index (χ4n) is 2.37. The third kappa shape index (κ3) is 2.90. The van der Waals surface area contributed by atoms with Crippen LogP contribution < -0.4 is 0 Å². The fraction of sp³-hybridized carbons (Fsp3) is 0.500. The van der Waals surface area contributed by atoms with Crippen molar-refractivity contribution in [3.05, 3.63) is 34.6 Å². The monoisotopic (exact) mass is 285 g/mol. The van der Waals surface area contributed by atoms with E-state index in [1.807, 2.05) is 6.92 Å². The fourth-order valence-corrected chi connectivity index (χ4v) is 2.56. The average Bonchev–Trinajstić information content (AvgIpc) is 2.30. The quantitative estimate of drug-likeness (QED) is 0.923. The minimum absolute atomic E-state index is 0.121. The molecule has 1 N–H and O–H groups in total. The lowest BCUT2D eigenvalue weighted by atomic mass is 9.85. The molecule has 0 aliphatic carbocycles. The van der Waals surface area contributed by atoms with Gasteiger partial charge in [-0.3, -0.25) is 9.69 Å². The van der Waals surface area contributed by atoms with Crippen LogP contribution in [0.1, 0.15) is 25.5 Å². The highest BCUT2D eigenvalue weighted by atomic mass is 35.5. The molecular weight excluding hydrogens is 269 g/mol. The molecule has 1 fully saturated rings. The highest BCUT2D eigenvalue weighted by molar-refractivity contribution is 6.30. The number of carboxylic acid groups (broad SMARTS) is 1. The van der Waals surface area contributed by atoms with E-state index < -0.39 is 11.8 Å². The van der Waals surface area contributed by atoms with Gasteiger partial charge in [-0.2, -0.15) is 0 Å². The molecule has 0 spiro atoms. The minimum atomic E-state index is -0.748. The van der Waals surface area contributed by atoms with Gasteiger partial charge in [-0.1, -0.05) is 24.6 Å². The summed E-state index contributed by atoms with van der Waals surface area (Å²) in [6, 6.07) is 4.84. The molecule has 0 radical (unpaired) electrons. The van der Waals surface area contributed by atoms with Crippen molar-refractivity contribution in [1.82, 2.24) is 4.90 Å². The second kappa shape index (κ2) is 5.47. The van der Waals surface area contributed by atoms with Crippen molar-refractivity contribution in [1.29, 1.82) is 0 Å². The minimum Gasteiger partial charge on any atom is -0.481 e. The van der Waals surface area contributed by atoms with E-state index in [-0.39, 0.29) is 22.9 Å². The molecule has 3 nitrogen and oxygen atoms in total. The number of aliphatic carboxylic acids is 1. The normalized spacial score (nSPS) is 19.8. The van der Waals surface area contributed by atoms with Crippen LogP contribution in [0, 0.1) is 17.7 Å². The van der Waals surface area contributed by atoms with Gasteiger partial charge in [0.2, 0.25) is 0 Å². The molecule has 2 atom stereocenters. The summed E-state index contributed by atoms with van der Waals surface area (Å²) in [6.07, 6.45) is 0. The second-order valence-corrected chi connectivity index (χ2v) is 5.60. The first-order valence-corrected chi connectivity index (χ1v) is 6.69. The summed E-state index contributed by atoms with van der Waals surface area (Å²) in [7, 11) is 0. The maximum absolute atomic E-state index is 13.1. The Hall–Kier alpha value is -1.13. The zero-order valence-electron chi connectivity index (χ0n) is 10.9. The highest BCUT2D eigenvalue weighted by Gasteiger charge is 2.37. The van der Waals surface area contributed by atoms with Crippen LogP contribution in [0.15, 0.2) is 18.2 Å². The first-order valence-electron chi connectivity index (χ1n) is 6.32. The van der Waals surface area contributed by atoms with Crippen molar-refractivity contribution in [3.63, 3.8) is 0 Å². The van der Waals surface area contributed by atoms with Gasteiger partial charge in [0.15, 0.2) is 0 Å². The Morgan fingerprint density at radius 2 is 2.11 bits per heavy atom. The van der Waals surface area contributed by atoms with Crippen LogP contribution in [0.25, 0.3) is 0 Å². The Morgan fingerprint density at radius 3 is 2.63 bits per heavy atom. The number of rotatable bonds is 4. The zero-order valence-corrected chi connectivity index (χ0v) is 11.7. The van der Waals surface area contributed by atoms with Gasteiger partial charge in [-0.15, -0.1) is 0 Å². The molecule has 0 aromatic heterocycles. The van der Waals surface area contributed by atoms with Gasteiger partial charge in [0.05, 0.1) is 10.9 Å². The average molecular weight is 286 g/mol. The molecule has 104 valence electrons. The Bertz CT molecular complexity index is 488. The van der Waals surface area contributed by atoms with Gasteiger partial charge in [-0.05, 0) is 30.5 Å². The predicted octanol–water partition coefficient (Wildman–Crippen LogP) is 3.19. The Kier molecular flexibility index (Phi) is 4.11. The molecule has 5 heteroatoms. The van der Waals surface area contributed by atoms with Crippen molar-refractivity contribution < 1.29 is 14.3 Å². The first-order chi connectivity index (χ1) is 8.90. The molecule has 19 heavy (non-hydrogen) atoms. The zero-order chi connectivity index (χ0) is 14.2. The number of likely N-dealkylation sites (tertiary alicyclic amines) is 1. The number of halogens is 2. The standard InChI is InChI=1S/C14H17ClFNO2/c1-8(14(18)19)11-6-17(7-11)9(2)10-3-4-13(16)12(15)5-10/h3-5,8-9,11H,6-7H2,1-2H3,(H,18,19). The molecule has 1 aliphatic heterocycles. The third-order valence-electron chi connectivity index (χ3n) is 4.01. The number of benzene rings is 1. The van der Waals surface area contributed by atoms with Crippen LogP contribution in [0.4, 0.5) is 4.39 Å². The topological polar surface area (TPSA) is 40.5 Å². The van der Waals surface area contributed by atoms with E-state index in [1.165, 1.54) is 6.07 Å². The van der Waals surface area contributed by atoms with Crippen LogP contribution in [0.5, 0.6) is 0 Å². The number of nitrogens with zero attached hydrogens (tertiary/aromatic N) is 1. The summed E-state index contributed by atoms with van der Waals surface area (Å²) in [5.74, 6) is -1.29. The van der Waals surface area contributed by atoms with E-state index in [0.29, 0.717) is 0 Å². The summed E-state index contributed by atoms with van der Waals surface area (Å²) in [5, 5.41) is 9.07. The highest BCUT2D eigenvalue weighted by Crippen LogP contribution is 2.33. The summed E-state index contributed by atoms with van der Waals surface area (Å²) in [5.41, 5.74) is 0.952. The summed E-state index contributed by atoms with van der Waals surface area (Å²) in [6.45, 7) is 5.27. The number of hydrogen-bond donors (Lipinski definition) is 1. The van der Waals surface area contributed by atoms with E-state index in [0.717, 1.165) is 18.7 Å². The number of carboxylic acids is 1. The summed E-state index contributed by atoms with van der Waals surface area (Å²) < 4.78 is 13.1. The van der Waals surface area contributed by atoms with Gasteiger partial charge >= 0.3 is 5.97 Å². The molecule has 2 rings (SSSR count). The lowest BCUT2D eigenvalue weighted by Gasteiger charge is -2.45. The molecule has 0 saturated carbocycles. The maximum atomic E-state index is 13.1. The lowest BCUT2D eigenvalue weighted by molar-refractivity contribution is -0.146. The second-order valence-electron chi connectivity index (χ2n) is 5.19. The molecule has 2 unspecified atom stereocenters. The van der Waals surface area contributed by atoms with Crippen LogP contribution in [-0.2, 0) is 4.79 Å². The van der Waals surface area contributed by atoms with E-state index in [4.69, 9.17) is 16.7 Å². The number of carbonyl (C=O) groups is 1. The smallest absolute Gasteiger partial charge is 0.306 e. The van der Waals surface area contributed by atoms with Gasteiger partial charge in [0.1, 0.15) is 5.82 Å². The van der Waals surface area contributed by atoms with Crippen LogP contribution >= 0.6 is 11.6 Å². The molecule has 0 bridgehead atoms. The molecule has 1 aromatic rings. The maximum Gasteiger partial charge on any atom is 0.306 e. The third-order valence-corrected chi connectivity index (χ3v) is 4.30. The molecule has 1 saturated heterocycles. The van der Waals surface area contributed by atoms with Crippen LogP contribution in [0.3, 0.4) is 0 Å². The summed E-state index contributed by atoms with van der Waals surface area (Å²) >= 11 is 5.77. The van der Waals surface area contributed by atoms with E-state index in [2.05, 4.69) is 4.90 Å². The lowest BCUT2D eigenvalue weighted by Crippen LogP contribution is -2.51. The van der Waals surface area contributed by atoms with Crippen molar-refractivity contribution in [2.45, 2.75) is 19.9 Å². The molecule has 1 heterocycles. The largest absolute Gasteiger partial charge is 0.481 e. The van der Waals surface area contributed by atoms with Gasteiger partial charge < -0.3 is 5.11 Å². The Labute approximate surface area is 117 Å². The molecule has 1 aliphatic rings. The van der Waals surface area contributed by atoms with Gasteiger partial charge in [-0.25, -0.2) is 4.39 Å². The SMILES string of the molecule is CC(C(=O)O)C1CN(C(C)c2ccc(F)c(Cl)c2)C1. The molecule has 0 amide bonds. The Balaban J connectivity index is 1.97. The van der Waals surface area contributed by atoms with Crippen LogP contribution in [-0.4, -0.2) is 29.1 Å².